The average molecular weight is 429 g/mol. The number of amides is 3. The first-order valence-electron chi connectivity index (χ1n) is 9.34. The minimum atomic E-state index is -0.437. The predicted molar refractivity (Wildman–Crippen MR) is 118 cm³/mol. The molecule has 0 radical (unpaired) electrons. The molecule has 0 aliphatic heterocycles. The molecule has 2 aromatic rings. The number of hydrogen-bond acceptors (Lipinski definition) is 5. The molecule has 0 spiro atoms. The number of carbonyl (C=O) groups excluding carboxylic acids is 3. The highest BCUT2D eigenvalue weighted by atomic mass is 32.1. The zero-order valence-electron chi connectivity index (χ0n) is 16.8. The Kier molecular flexibility index (Phi) is 8.76. The van der Waals surface area contributed by atoms with Crippen LogP contribution in [0, 0.1) is 0 Å². The number of ether oxygens (including phenoxy) is 1. The molecule has 0 unspecified atom stereocenters. The molecule has 0 aromatic heterocycles. The number of hydrazine groups is 1. The Bertz CT molecular complexity index is 898. The molecule has 9 heteroatoms. The van der Waals surface area contributed by atoms with E-state index in [4.69, 9.17) is 17.0 Å². The van der Waals surface area contributed by atoms with Crippen molar-refractivity contribution < 1.29 is 19.1 Å². The van der Waals surface area contributed by atoms with E-state index in [2.05, 4.69) is 21.5 Å². The molecule has 158 valence electrons. The van der Waals surface area contributed by atoms with Crippen molar-refractivity contribution in [2.24, 2.45) is 0 Å². The van der Waals surface area contributed by atoms with E-state index in [0.29, 0.717) is 23.4 Å². The second-order valence-corrected chi connectivity index (χ2v) is 6.77. The van der Waals surface area contributed by atoms with Gasteiger partial charge in [-0.25, -0.2) is 0 Å². The standard InChI is InChI=1S/C21H24N4O4S/c1-3-4-18(26)22-16-9-7-15(8-10-16)20(28)24-25-21(30)23-19(27)13-14-5-11-17(29-2)12-6-14/h5-12H,3-4,13H2,1-2H3,(H,22,26)(H,24,28)(H2,23,25,27,30). The van der Waals surface area contributed by atoms with Gasteiger partial charge in [0.1, 0.15) is 5.75 Å². The van der Waals surface area contributed by atoms with Gasteiger partial charge < -0.3 is 15.4 Å². The Balaban J connectivity index is 1.77. The van der Waals surface area contributed by atoms with Gasteiger partial charge in [0.2, 0.25) is 11.8 Å². The molecule has 0 atom stereocenters. The molecular weight excluding hydrogens is 404 g/mol. The maximum Gasteiger partial charge on any atom is 0.269 e. The van der Waals surface area contributed by atoms with Crippen molar-refractivity contribution in [3.05, 3.63) is 59.7 Å². The second-order valence-electron chi connectivity index (χ2n) is 6.36. The molecule has 0 heterocycles. The van der Waals surface area contributed by atoms with Crippen LogP contribution in [0.2, 0.25) is 0 Å². The van der Waals surface area contributed by atoms with Crippen LogP contribution in [-0.4, -0.2) is 29.9 Å². The number of hydrogen-bond donors (Lipinski definition) is 4. The van der Waals surface area contributed by atoms with Crippen LogP contribution < -0.4 is 26.2 Å². The van der Waals surface area contributed by atoms with Crippen molar-refractivity contribution in [1.29, 1.82) is 0 Å². The first-order chi connectivity index (χ1) is 14.4. The largest absolute Gasteiger partial charge is 0.497 e. The molecule has 0 saturated carbocycles. The Morgan fingerprint density at radius 3 is 2.20 bits per heavy atom. The molecule has 4 N–H and O–H groups in total. The van der Waals surface area contributed by atoms with Crippen molar-refractivity contribution in [2.75, 3.05) is 12.4 Å². The zero-order chi connectivity index (χ0) is 21.9. The first kappa shape index (κ1) is 22.8. The molecule has 2 rings (SSSR count). The summed E-state index contributed by atoms with van der Waals surface area (Å²) in [7, 11) is 1.57. The van der Waals surface area contributed by atoms with E-state index in [-0.39, 0.29) is 23.3 Å². The van der Waals surface area contributed by atoms with E-state index >= 15 is 0 Å². The Morgan fingerprint density at radius 2 is 1.60 bits per heavy atom. The third kappa shape index (κ3) is 7.51. The lowest BCUT2D eigenvalue weighted by Crippen LogP contribution is -2.48. The van der Waals surface area contributed by atoms with Crippen molar-refractivity contribution in [2.45, 2.75) is 26.2 Å². The number of carbonyl (C=O) groups is 3. The van der Waals surface area contributed by atoms with Crippen molar-refractivity contribution >= 4 is 40.7 Å². The fraction of sp³-hybridized carbons (Fsp3) is 0.238. The van der Waals surface area contributed by atoms with Gasteiger partial charge in [0, 0.05) is 17.7 Å². The molecule has 0 aliphatic carbocycles. The maximum absolute atomic E-state index is 12.2. The zero-order valence-corrected chi connectivity index (χ0v) is 17.6. The number of benzene rings is 2. The van der Waals surface area contributed by atoms with E-state index in [0.717, 1.165) is 12.0 Å². The van der Waals surface area contributed by atoms with Crippen molar-refractivity contribution in [1.82, 2.24) is 16.2 Å². The van der Waals surface area contributed by atoms with E-state index in [1.54, 1.807) is 55.6 Å². The third-order valence-corrected chi connectivity index (χ3v) is 4.18. The number of methoxy groups -OCH3 is 1. The summed E-state index contributed by atoms with van der Waals surface area (Å²) in [6, 6.07) is 13.5. The highest BCUT2D eigenvalue weighted by molar-refractivity contribution is 7.80. The minimum absolute atomic E-state index is 0.0229. The van der Waals surface area contributed by atoms with Crippen LogP contribution in [0.1, 0.15) is 35.7 Å². The normalized spacial score (nSPS) is 9.93. The summed E-state index contributed by atoms with van der Waals surface area (Å²) in [6.45, 7) is 1.92. The topological polar surface area (TPSA) is 109 Å². The number of anilines is 1. The van der Waals surface area contributed by atoms with E-state index in [1.165, 1.54) is 0 Å². The Hall–Kier alpha value is -3.46. The van der Waals surface area contributed by atoms with Gasteiger partial charge in [0.25, 0.3) is 5.91 Å². The summed E-state index contributed by atoms with van der Waals surface area (Å²) < 4.78 is 5.07. The summed E-state index contributed by atoms with van der Waals surface area (Å²) in [5.74, 6) is -0.130. The lowest BCUT2D eigenvalue weighted by atomic mass is 10.1. The summed E-state index contributed by atoms with van der Waals surface area (Å²) >= 11 is 5.02. The monoisotopic (exact) mass is 428 g/mol. The molecule has 0 saturated heterocycles. The average Bonchev–Trinajstić information content (AvgIpc) is 2.73. The van der Waals surface area contributed by atoms with Crippen LogP contribution in [0.4, 0.5) is 5.69 Å². The SMILES string of the molecule is CCCC(=O)Nc1ccc(C(=O)NNC(=S)NC(=O)Cc2ccc(OC)cc2)cc1. The molecule has 0 bridgehead atoms. The third-order valence-electron chi connectivity index (χ3n) is 3.97. The van der Waals surface area contributed by atoms with Gasteiger partial charge in [-0.2, -0.15) is 0 Å². The number of thiocarbonyl (C=S) groups is 1. The van der Waals surface area contributed by atoms with Crippen molar-refractivity contribution in [3.8, 4) is 5.75 Å². The van der Waals surface area contributed by atoms with Gasteiger partial charge in [-0.1, -0.05) is 19.1 Å². The van der Waals surface area contributed by atoms with Crippen LogP contribution in [-0.2, 0) is 16.0 Å². The molecule has 2 aromatic carbocycles. The molecule has 0 aliphatic rings. The lowest BCUT2D eigenvalue weighted by Gasteiger charge is -2.11. The quantitative estimate of drug-likeness (QED) is 0.398. The number of rotatable bonds is 7. The van der Waals surface area contributed by atoms with Gasteiger partial charge in [-0.05, 0) is 60.6 Å². The van der Waals surface area contributed by atoms with Gasteiger partial charge in [-0.3, -0.25) is 25.2 Å². The summed E-state index contributed by atoms with van der Waals surface area (Å²) in [6.07, 6.45) is 1.33. The Labute approximate surface area is 180 Å². The van der Waals surface area contributed by atoms with Gasteiger partial charge in [0.15, 0.2) is 5.11 Å². The molecular formula is C21H24N4O4S. The number of nitrogens with one attached hydrogen (secondary N) is 4. The summed E-state index contributed by atoms with van der Waals surface area (Å²) in [5.41, 5.74) is 6.68. The highest BCUT2D eigenvalue weighted by Crippen LogP contribution is 2.12. The van der Waals surface area contributed by atoms with E-state index in [1.807, 2.05) is 6.92 Å². The minimum Gasteiger partial charge on any atom is -0.497 e. The van der Waals surface area contributed by atoms with E-state index < -0.39 is 5.91 Å². The maximum atomic E-state index is 12.2. The van der Waals surface area contributed by atoms with Crippen LogP contribution in [0.25, 0.3) is 0 Å². The Morgan fingerprint density at radius 1 is 0.933 bits per heavy atom. The van der Waals surface area contributed by atoms with Crippen LogP contribution in [0.3, 0.4) is 0 Å². The van der Waals surface area contributed by atoms with Crippen LogP contribution >= 0.6 is 12.2 Å². The lowest BCUT2D eigenvalue weighted by molar-refractivity contribution is -0.119. The first-order valence-corrected chi connectivity index (χ1v) is 9.75. The fourth-order valence-electron chi connectivity index (χ4n) is 2.47. The highest BCUT2D eigenvalue weighted by Gasteiger charge is 2.09. The molecule has 8 nitrogen and oxygen atoms in total. The van der Waals surface area contributed by atoms with Crippen molar-refractivity contribution in [3.63, 3.8) is 0 Å². The molecule has 30 heavy (non-hydrogen) atoms. The smallest absolute Gasteiger partial charge is 0.269 e. The van der Waals surface area contributed by atoms with Crippen LogP contribution in [0.15, 0.2) is 48.5 Å². The second kappa shape index (κ2) is 11.5. The summed E-state index contributed by atoms with van der Waals surface area (Å²) in [4.78, 5) is 35.8. The van der Waals surface area contributed by atoms with E-state index in [9.17, 15) is 14.4 Å². The van der Waals surface area contributed by atoms with Gasteiger partial charge in [-0.15, -0.1) is 0 Å². The molecule has 3 amide bonds. The predicted octanol–water partition coefficient (Wildman–Crippen LogP) is 2.31. The molecule has 0 fully saturated rings. The van der Waals surface area contributed by atoms with Gasteiger partial charge >= 0.3 is 0 Å². The van der Waals surface area contributed by atoms with Gasteiger partial charge in [0.05, 0.1) is 13.5 Å². The fourth-order valence-corrected chi connectivity index (χ4v) is 2.64. The summed E-state index contributed by atoms with van der Waals surface area (Å²) in [5, 5.41) is 5.22. The van der Waals surface area contributed by atoms with Crippen LogP contribution in [0.5, 0.6) is 5.75 Å².